The zero-order valence-electron chi connectivity index (χ0n) is 9.58. The summed E-state index contributed by atoms with van der Waals surface area (Å²) in [5.74, 6) is -1.08. The molecule has 1 aromatic carbocycles. The third-order valence-corrected chi connectivity index (χ3v) is 2.56. The quantitative estimate of drug-likeness (QED) is 0.863. The number of hydrogen-bond acceptors (Lipinski definition) is 1. The van der Waals surface area contributed by atoms with Gasteiger partial charge in [0.2, 0.25) is 0 Å². The number of halogens is 2. The topological polar surface area (TPSA) is 17.0 Å². The summed E-state index contributed by atoms with van der Waals surface area (Å²) in [6.07, 6.45) is 1.90. The average Bonchev–Trinajstić information content (AvgIpc) is 2.65. The maximum absolute atomic E-state index is 13.0. The molecule has 0 unspecified atom stereocenters. The monoisotopic (exact) mass is 236 g/mol. The maximum Gasteiger partial charge on any atom is 0.126 e. The van der Waals surface area contributed by atoms with Gasteiger partial charge >= 0.3 is 0 Å². The number of nitrogens with one attached hydrogen (secondary N) is 1. The third kappa shape index (κ3) is 2.91. The van der Waals surface area contributed by atoms with Gasteiger partial charge in [-0.3, -0.25) is 0 Å². The van der Waals surface area contributed by atoms with Crippen LogP contribution in [0.2, 0.25) is 0 Å². The van der Waals surface area contributed by atoms with E-state index in [1.54, 1.807) is 0 Å². The van der Waals surface area contributed by atoms with Gasteiger partial charge in [-0.15, -0.1) is 0 Å². The van der Waals surface area contributed by atoms with E-state index >= 15 is 0 Å². The molecule has 17 heavy (non-hydrogen) atoms. The number of hydrogen-bond donors (Lipinski definition) is 1. The van der Waals surface area contributed by atoms with E-state index in [4.69, 9.17) is 0 Å². The summed E-state index contributed by atoms with van der Waals surface area (Å²) in [7, 11) is 1.86. The summed E-state index contributed by atoms with van der Waals surface area (Å²) in [5, 5.41) is 3.05. The molecule has 0 radical (unpaired) electrons. The molecule has 2 rings (SSSR count). The van der Waals surface area contributed by atoms with Crippen molar-refractivity contribution >= 4 is 0 Å². The predicted octanol–water partition coefficient (Wildman–Crippen LogP) is 2.53. The van der Waals surface area contributed by atoms with Crippen LogP contribution in [0, 0.1) is 11.6 Å². The highest BCUT2D eigenvalue weighted by atomic mass is 19.1. The molecule has 0 amide bonds. The largest absolute Gasteiger partial charge is 0.346 e. The Morgan fingerprint density at radius 1 is 1.18 bits per heavy atom. The summed E-state index contributed by atoms with van der Waals surface area (Å²) in [6, 6.07) is 7.49. The van der Waals surface area contributed by atoms with Crippen molar-refractivity contribution < 1.29 is 8.78 Å². The van der Waals surface area contributed by atoms with Crippen molar-refractivity contribution in [3.8, 4) is 0 Å². The molecule has 0 spiro atoms. The molecule has 0 atom stereocenters. The van der Waals surface area contributed by atoms with Crippen LogP contribution in [-0.4, -0.2) is 11.6 Å². The number of aromatic nitrogens is 1. The maximum atomic E-state index is 13.0. The first-order valence-corrected chi connectivity index (χ1v) is 5.42. The zero-order chi connectivity index (χ0) is 12.3. The van der Waals surface area contributed by atoms with E-state index in [-0.39, 0.29) is 0 Å². The Balaban J connectivity index is 2.22. The van der Waals surface area contributed by atoms with Gasteiger partial charge in [0.25, 0.3) is 0 Å². The van der Waals surface area contributed by atoms with Crippen LogP contribution in [0.15, 0.2) is 36.5 Å². The Kier molecular flexibility index (Phi) is 3.54. The van der Waals surface area contributed by atoms with E-state index in [9.17, 15) is 8.78 Å². The first-order chi connectivity index (χ1) is 8.19. The Hall–Kier alpha value is -1.68. The molecule has 2 nitrogen and oxygen atoms in total. The summed E-state index contributed by atoms with van der Waals surface area (Å²) < 4.78 is 28.1. The highest BCUT2D eigenvalue weighted by Crippen LogP contribution is 2.11. The van der Waals surface area contributed by atoms with Gasteiger partial charge in [0.15, 0.2) is 0 Å². The molecule has 0 aliphatic heterocycles. The van der Waals surface area contributed by atoms with Gasteiger partial charge in [-0.1, -0.05) is 0 Å². The van der Waals surface area contributed by atoms with Crippen molar-refractivity contribution in [1.82, 2.24) is 9.88 Å². The van der Waals surface area contributed by atoms with Gasteiger partial charge in [0.1, 0.15) is 11.6 Å². The van der Waals surface area contributed by atoms with Crippen LogP contribution in [0.25, 0.3) is 0 Å². The lowest BCUT2D eigenvalue weighted by Crippen LogP contribution is -2.11. The molecule has 0 saturated carbocycles. The fourth-order valence-electron chi connectivity index (χ4n) is 1.84. The lowest BCUT2D eigenvalue weighted by atomic mass is 10.2. The van der Waals surface area contributed by atoms with Crippen LogP contribution >= 0.6 is 0 Å². The lowest BCUT2D eigenvalue weighted by Gasteiger charge is -2.09. The van der Waals surface area contributed by atoms with Crippen molar-refractivity contribution in [1.29, 1.82) is 0 Å². The minimum absolute atomic E-state index is 0.471. The van der Waals surface area contributed by atoms with E-state index in [2.05, 4.69) is 5.32 Å². The smallest absolute Gasteiger partial charge is 0.126 e. The molecule has 4 heteroatoms. The summed E-state index contributed by atoms with van der Waals surface area (Å²) in [4.78, 5) is 0. The first kappa shape index (κ1) is 11.8. The van der Waals surface area contributed by atoms with Crippen LogP contribution in [0.3, 0.4) is 0 Å². The fraction of sp³-hybridized carbons (Fsp3) is 0.231. The average molecular weight is 236 g/mol. The van der Waals surface area contributed by atoms with Crippen LogP contribution in [0.5, 0.6) is 0 Å². The molecule has 1 aromatic heterocycles. The SMILES string of the molecule is CNCc1cccn1Cc1cc(F)cc(F)c1. The Morgan fingerprint density at radius 3 is 2.53 bits per heavy atom. The highest BCUT2D eigenvalue weighted by molar-refractivity contribution is 5.20. The van der Waals surface area contributed by atoms with Gasteiger partial charge in [-0.25, -0.2) is 8.78 Å². The van der Waals surface area contributed by atoms with E-state index in [1.807, 2.05) is 29.9 Å². The molecular formula is C13H14F2N2. The van der Waals surface area contributed by atoms with Crippen molar-refractivity contribution in [3.05, 3.63) is 59.4 Å². The molecule has 0 aliphatic rings. The van der Waals surface area contributed by atoms with Gasteiger partial charge in [0.05, 0.1) is 0 Å². The van der Waals surface area contributed by atoms with E-state index in [0.29, 0.717) is 12.1 Å². The molecule has 90 valence electrons. The Labute approximate surface area is 98.9 Å². The third-order valence-electron chi connectivity index (χ3n) is 2.56. The van der Waals surface area contributed by atoms with E-state index in [0.717, 1.165) is 18.3 Å². The number of nitrogens with zero attached hydrogens (tertiary/aromatic N) is 1. The Bertz CT molecular complexity index is 486. The van der Waals surface area contributed by atoms with Gasteiger partial charge in [-0.2, -0.15) is 0 Å². The van der Waals surface area contributed by atoms with Crippen LogP contribution in [0.1, 0.15) is 11.3 Å². The van der Waals surface area contributed by atoms with E-state index < -0.39 is 11.6 Å². The van der Waals surface area contributed by atoms with Crippen LogP contribution in [0.4, 0.5) is 8.78 Å². The van der Waals surface area contributed by atoms with Crippen LogP contribution < -0.4 is 5.32 Å². The second-order valence-corrected chi connectivity index (χ2v) is 3.94. The Morgan fingerprint density at radius 2 is 1.88 bits per heavy atom. The highest BCUT2D eigenvalue weighted by Gasteiger charge is 2.04. The standard InChI is InChI=1S/C13H14F2N2/c1-16-8-13-3-2-4-17(13)9-10-5-11(14)7-12(15)6-10/h2-7,16H,8-9H2,1H3. The summed E-state index contributed by atoms with van der Waals surface area (Å²) >= 11 is 0. The lowest BCUT2D eigenvalue weighted by molar-refractivity contribution is 0.576. The van der Waals surface area contributed by atoms with Gasteiger partial charge < -0.3 is 9.88 Å². The van der Waals surface area contributed by atoms with Crippen molar-refractivity contribution in [2.45, 2.75) is 13.1 Å². The zero-order valence-corrected chi connectivity index (χ0v) is 9.58. The van der Waals surface area contributed by atoms with Gasteiger partial charge in [-0.05, 0) is 36.9 Å². The summed E-state index contributed by atoms with van der Waals surface area (Å²) in [6.45, 7) is 1.20. The molecular weight excluding hydrogens is 222 g/mol. The van der Waals surface area contributed by atoms with Crippen LogP contribution in [-0.2, 0) is 13.1 Å². The number of rotatable bonds is 4. The molecule has 0 bridgehead atoms. The molecule has 2 aromatic rings. The normalized spacial score (nSPS) is 10.8. The minimum atomic E-state index is -0.540. The second-order valence-electron chi connectivity index (χ2n) is 3.94. The van der Waals surface area contributed by atoms with E-state index in [1.165, 1.54) is 12.1 Å². The van der Waals surface area contributed by atoms with Crippen molar-refractivity contribution in [2.75, 3.05) is 7.05 Å². The van der Waals surface area contributed by atoms with Crippen molar-refractivity contribution in [2.24, 2.45) is 0 Å². The summed E-state index contributed by atoms with van der Waals surface area (Å²) in [5.41, 5.74) is 1.70. The van der Waals surface area contributed by atoms with Gasteiger partial charge in [0, 0.05) is 31.0 Å². The fourth-order valence-corrected chi connectivity index (χ4v) is 1.84. The molecule has 1 N–H and O–H groups in total. The molecule has 1 heterocycles. The first-order valence-electron chi connectivity index (χ1n) is 5.42. The second kappa shape index (κ2) is 5.10. The number of benzene rings is 1. The minimum Gasteiger partial charge on any atom is -0.346 e. The molecule has 0 fully saturated rings. The molecule has 0 saturated heterocycles. The van der Waals surface area contributed by atoms with Crippen molar-refractivity contribution in [3.63, 3.8) is 0 Å². The molecule has 0 aliphatic carbocycles. The predicted molar refractivity (Wildman–Crippen MR) is 62.7 cm³/mol.